The molecule has 152 valence electrons. The molecule has 0 bridgehead atoms. The Morgan fingerprint density at radius 2 is 1.86 bits per heavy atom. The number of nitriles is 1. The summed E-state index contributed by atoms with van der Waals surface area (Å²) < 4.78 is 1.59. The first-order valence-electron chi connectivity index (χ1n) is 10.2. The molecule has 1 aliphatic rings. The zero-order chi connectivity index (χ0) is 21.0. The van der Waals surface area contributed by atoms with Crippen LogP contribution in [0.2, 0.25) is 0 Å². The molecule has 6 heteroatoms. The number of nitrogens with zero attached hydrogens (tertiary/aromatic N) is 4. The van der Waals surface area contributed by atoms with Gasteiger partial charge in [-0.05, 0) is 48.4 Å². The summed E-state index contributed by atoms with van der Waals surface area (Å²) in [7, 11) is 1.76. The van der Waals surface area contributed by atoms with E-state index in [0.717, 1.165) is 12.8 Å². The van der Waals surface area contributed by atoms with Crippen molar-refractivity contribution in [3.8, 4) is 6.07 Å². The van der Waals surface area contributed by atoms with Gasteiger partial charge in [-0.25, -0.2) is 0 Å². The second-order valence-electron chi connectivity index (χ2n) is 8.26. The highest BCUT2D eigenvalue weighted by Crippen LogP contribution is 2.29. The summed E-state index contributed by atoms with van der Waals surface area (Å²) in [4.78, 5) is 26.9. The van der Waals surface area contributed by atoms with Gasteiger partial charge in [-0.3, -0.25) is 14.3 Å². The third kappa shape index (κ3) is 5.11. The number of aromatic nitrogens is 2. The van der Waals surface area contributed by atoms with Gasteiger partial charge in [-0.2, -0.15) is 10.4 Å². The van der Waals surface area contributed by atoms with Gasteiger partial charge < -0.3 is 4.90 Å². The quantitative estimate of drug-likeness (QED) is 0.754. The number of likely N-dealkylation sites (tertiary alicyclic amines) is 1. The number of benzene rings is 1. The maximum atomic E-state index is 13.0. The van der Waals surface area contributed by atoms with Gasteiger partial charge in [0.1, 0.15) is 11.5 Å². The van der Waals surface area contributed by atoms with Crippen molar-refractivity contribution in [2.24, 2.45) is 13.0 Å². The molecule has 1 saturated heterocycles. The second kappa shape index (κ2) is 9.04. The fourth-order valence-electron chi connectivity index (χ4n) is 3.95. The number of hydrogen-bond acceptors (Lipinski definition) is 4. The van der Waals surface area contributed by atoms with Gasteiger partial charge in [0.05, 0.1) is 23.7 Å². The number of hydrogen-bond donors (Lipinski definition) is 0. The van der Waals surface area contributed by atoms with Crippen LogP contribution in [0.15, 0.2) is 30.3 Å². The lowest BCUT2D eigenvalue weighted by Crippen LogP contribution is -2.38. The van der Waals surface area contributed by atoms with Crippen molar-refractivity contribution in [3.05, 3.63) is 52.8 Å². The summed E-state index contributed by atoms with van der Waals surface area (Å²) in [5, 5.41) is 13.3. The standard InChI is InChI=1S/C23H28N4O2/c1-16(2)12-21(28)13-20-14-22(26(3)25-20)23(29)27-10-8-19(9-11-27)18-6-4-17(15-24)5-7-18/h4-7,14,16,19H,8-13H2,1-3H3. The molecule has 0 saturated carbocycles. The average Bonchev–Trinajstić information content (AvgIpc) is 3.06. The Hall–Kier alpha value is -2.94. The normalized spacial score (nSPS) is 14.8. The van der Waals surface area contributed by atoms with Gasteiger partial charge in [-0.15, -0.1) is 0 Å². The largest absolute Gasteiger partial charge is 0.337 e. The molecule has 1 fully saturated rings. The minimum atomic E-state index is -0.0270. The number of carbonyl (C=O) groups is 2. The van der Waals surface area contributed by atoms with E-state index in [1.165, 1.54) is 5.56 Å². The molecule has 0 N–H and O–H groups in total. The highest BCUT2D eigenvalue weighted by molar-refractivity contribution is 5.93. The SMILES string of the molecule is CC(C)CC(=O)Cc1cc(C(=O)N2CCC(c3ccc(C#N)cc3)CC2)n(C)n1. The zero-order valence-corrected chi connectivity index (χ0v) is 17.4. The molecular weight excluding hydrogens is 364 g/mol. The molecule has 1 amide bonds. The first-order chi connectivity index (χ1) is 13.9. The summed E-state index contributed by atoms with van der Waals surface area (Å²) in [6.45, 7) is 5.42. The lowest BCUT2D eigenvalue weighted by molar-refractivity contribution is -0.119. The molecule has 0 spiro atoms. The Labute approximate surface area is 172 Å². The average molecular weight is 393 g/mol. The highest BCUT2D eigenvalue weighted by Gasteiger charge is 2.26. The van der Waals surface area contributed by atoms with E-state index in [9.17, 15) is 9.59 Å². The third-order valence-corrected chi connectivity index (χ3v) is 5.46. The number of piperidine rings is 1. The number of Topliss-reactive ketones (excluding diaryl/α,β-unsaturated/α-hetero) is 1. The number of rotatable bonds is 6. The molecule has 1 aliphatic heterocycles. The summed E-state index contributed by atoms with van der Waals surface area (Å²) in [6, 6.07) is 11.6. The molecule has 2 heterocycles. The van der Waals surface area contributed by atoms with E-state index >= 15 is 0 Å². The van der Waals surface area contributed by atoms with Crippen LogP contribution < -0.4 is 0 Å². The maximum Gasteiger partial charge on any atom is 0.272 e. The van der Waals surface area contributed by atoms with Gasteiger partial charge in [0.2, 0.25) is 0 Å². The van der Waals surface area contributed by atoms with Crippen LogP contribution in [-0.2, 0) is 18.3 Å². The smallest absolute Gasteiger partial charge is 0.272 e. The van der Waals surface area contributed by atoms with Gasteiger partial charge in [0.25, 0.3) is 5.91 Å². The molecule has 3 rings (SSSR count). The van der Waals surface area contributed by atoms with Crippen LogP contribution in [0.1, 0.15) is 66.3 Å². The molecule has 0 atom stereocenters. The lowest BCUT2D eigenvalue weighted by Gasteiger charge is -2.32. The topological polar surface area (TPSA) is 79.0 Å². The van der Waals surface area contributed by atoms with E-state index in [-0.39, 0.29) is 18.1 Å². The van der Waals surface area contributed by atoms with Crippen LogP contribution in [0, 0.1) is 17.2 Å². The minimum Gasteiger partial charge on any atom is -0.337 e. The minimum absolute atomic E-state index is 0.0270. The van der Waals surface area contributed by atoms with E-state index in [0.29, 0.717) is 48.3 Å². The van der Waals surface area contributed by atoms with Gasteiger partial charge in [0.15, 0.2) is 0 Å². The predicted molar refractivity (Wildman–Crippen MR) is 110 cm³/mol. The molecule has 0 radical (unpaired) electrons. The first kappa shape index (κ1) is 20.8. The predicted octanol–water partition coefficient (Wildman–Crippen LogP) is 3.47. The Balaban J connectivity index is 1.60. The third-order valence-electron chi connectivity index (χ3n) is 5.46. The molecule has 29 heavy (non-hydrogen) atoms. The number of ketones is 1. The van der Waals surface area contributed by atoms with E-state index in [1.54, 1.807) is 17.8 Å². The van der Waals surface area contributed by atoms with E-state index in [1.807, 2.05) is 43.0 Å². The Kier molecular flexibility index (Phi) is 6.48. The molecular formula is C23H28N4O2. The van der Waals surface area contributed by atoms with Gasteiger partial charge >= 0.3 is 0 Å². The molecule has 1 aromatic heterocycles. The Bertz CT molecular complexity index is 913. The Morgan fingerprint density at radius 3 is 2.45 bits per heavy atom. The second-order valence-corrected chi connectivity index (χ2v) is 8.26. The Morgan fingerprint density at radius 1 is 1.21 bits per heavy atom. The van der Waals surface area contributed by atoms with E-state index in [4.69, 9.17) is 5.26 Å². The van der Waals surface area contributed by atoms with Crippen LogP contribution in [0.4, 0.5) is 0 Å². The lowest BCUT2D eigenvalue weighted by atomic mass is 9.89. The number of carbonyl (C=O) groups excluding carboxylic acids is 2. The van der Waals surface area contributed by atoms with Crippen molar-refractivity contribution < 1.29 is 9.59 Å². The van der Waals surface area contributed by atoms with Crippen molar-refractivity contribution in [2.75, 3.05) is 13.1 Å². The van der Waals surface area contributed by atoms with Crippen molar-refractivity contribution >= 4 is 11.7 Å². The fraction of sp³-hybridized carbons (Fsp3) is 0.478. The van der Waals surface area contributed by atoms with Crippen molar-refractivity contribution in [1.29, 1.82) is 5.26 Å². The van der Waals surface area contributed by atoms with Crippen LogP contribution in [0.25, 0.3) is 0 Å². The summed E-state index contributed by atoms with van der Waals surface area (Å²) >= 11 is 0. The van der Waals surface area contributed by atoms with Crippen LogP contribution in [-0.4, -0.2) is 39.5 Å². The molecule has 1 aromatic carbocycles. The molecule has 0 aliphatic carbocycles. The zero-order valence-electron chi connectivity index (χ0n) is 17.4. The molecule has 2 aromatic rings. The van der Waals surface area contributed by atoms with Crippen LogP contribution in [0.3, 0.4) is 0 Å². The van der Waals surface area contributed by atoms with Gasteiger partial charge in [-0.1, -0.05) is 26.0 Å². The summed E-state index contributed by atoms with van der Waals surface area (Å²) in [5.74, 6) is 0.855. The number of aryl methyl sites for hydroxylation is 1. The van der Waals surface area contributed by atoms with Crippen LogP contribution in [0.5, 0.6) is 0 Å². The van der Waals surface area contributed by atoms with E-state index < -0.39 is 0 Å². The monoisotopic (exact) mass is 392 g/mol. The summed E-state index contributed by atoms with van der Waals surface area (Å²) in [5.41, 5.74) is 3.09. The van der Waals surface area contributed by atoms with Crippen molar-refractivity contribution in [1.82, 2.24) is 14.7 Å². The molecule has 6 nitrogen and oxygen atoms in total. The van der Waals surface area contributed by atoms with Crippen molar-refractivity contribution in [2.45, 2.75) is 45.4 Å². The van der Waals surface area contributed by atoms with E-state index in [2.05, 4.69) is 11.2 Å². The molecule has 0 unspecified atom stereocenters. The highest BCUT2D eigenvalue weighted by atomic mass is 16.2. The number of amides is 1. The van der Waals surface area contributed by atoms with Crippen molar-refractivity contribution in [3.63, 3.8) is 0 Å². The fourth-order valence-corrected chi connectivity index (χ4v) is 3.95. The summed E-state index contributed by atoms with van der Waals surface area (Å²) in [6.07, 6.45) is 2.60. The van der Waals surface area contributed by atoms with Crippen LogP contribution >= 0.6 is 0 Å². The maximum absolute atomic E-state index is 13.0. The van der Waals surface area contributed by atoms with Gasteiger partial charge in [0, 0.05) is 26.6 Å². The first-order valence-corrected chi connectivity index (χ1v) is 10.2.